The molecule has 0 saturated heterocycles. The number of hydrogen-bond acceptors (Lipinski definition) is 4. The van der Waals surface area contributed by atoms with Crippen molar-refractivity contribution in [3.63, 3.8) is 0 Å². The van der Waals surface area contributed by atoms with Crippen molar-refractivity contribution >= 4 is 23.3 Å². The van der Waals surface area contributed by atoms with E-state index >= 15 is 0 Å². The Kier molecular flexibility index (Phi) is 6.97. The van der Waals surface area contributed by atoms with Crippen LogP contribution in [-0.4, -0.2) is 25.4 Å². The van der Waals surface area contributed by atoms with Crippen LogP contribution in [0.1, 0.15) is 25.8 Å². The molecule has 1 aromatic carbocycles. The third-order valence-electron chi connectivity index (χ3n) is 2.35. The van der Waals surface area contributed by atoms with Crippen LogP contribution in [0.2, 0.25) is 0 Å². The maximum atomic E-state index is 5.60. The maximum absolute atomic E-state index is 5.60. The van der Waals surface area contributed by atoms with Gasteiger partial charge in [-0.25, -0.2) is 0 Å². The fourth-order valence-corrected chi connectivity index (χ4v) is 1.66. The van der Waals surface area contributed by atoms with Crippen molar-refractivity contribution in [3.05, 3.63) is 29.8 Å². The molecule has 0 unspecified atom stereocenters. The van der Waals surface area contributed by atoms with Crippen LogP contribution >= 0.6 is 12.2 Å². The zero-order valence-electron chi connectivity index (χ0n) is 11.6. The highest BCUT2D eigenvalue weighted by Gasteiger charge is 2.04. The van der Waals surface area contributed by atoms with E-state index in [0.717, 1.165) is 23.5 Å². The van der Waals surface area contributed by atoms with E-state index in [9.17, 15) is 0 Å². The van der Waals surface area contributed by atoms with Gasteiger partial charge in [0.05, 0.1) is 20.3 Å². The zero-order chi connectivity index (χ0) is 14.1. The predicted octanol–water partition coefficient (Wildman–Crippen LogP) is 3.86. The summed E-state index contributed by atoms with van der Waals surface area (Å²) in [5, 5.41) is 0.479. The van der Waals surface area contributed by atoms with Gasteiger partial charge in [0.15, 0.2) is 16.5 Å². The second kappa shape index (κ2) is 8.53. The highest BCUT2D eigenvalue weighted by atomic mass is 32.1. The molecule has 104 valence electrons. The Morgan fingerprint density at radius 3 is 2.68 bits per heavy atom. The van der Waals surface area contributed by atoms with Gasteiger partial charge < -0.3 is 14.2 Å². The lowest BCUT2D eigenvalue weighted by Gasteiger charge is -2.10. The van der Waals surface area contributed by atoms with Crippen molar-refractivity contribution < 1.29 is 14.2 Å². The largest absolute Gasteiger partial charge is 0.493 e. The summed E-state index contributed by atoms with van der Waals surface area (Å²) < 4.78 is 16.1. The molecule has 0 N–H and O–H groups in total. The van der Waals surface area contributed by atoms with E-state index < -0.39 is 0 Å². The van der Waals surface area contributed by atoms with E-state index in [0.29, 0.717) is 18.3 Å². The van der Waals surface area contributed by atoms with Crippen LogP contribution in [0.25, 0.3) is 6.08 Å². The lowest BCUT2D eigenvalue weighted by molar-refractivity contribution is 0.294. The molecule has 0 aromatic heterocycles. The number of ether oxygens (including phenoxy) is 3. The normalized spacial score (nSPS) is 10.5. The molecule has 1 aromatic rings. The van der Waals surface area contributed by atoms with Gasteiger partial charge in [0.25, 0.3) is 0 Å². The molecule has 1 rings (SSSR count). The van der Waals surface area contributed by atoms with Crippen molar-refractivity contribution in [1.82, 2.24) is 0 Å². The summed E-state index contributed by atoms with van der Waals surface area (Å²) in [6.07, 6.45) is 4.62. The topological polar surface area (TPSA) is 27.7 Å². The van der Waals surface area contributed by atoms with Gasteiger partial charge in [-0.05, 0) is 49.3 Å². The quantitative estimate of drug-likeness (QED) is 0.560. The number of thiocarbonyl (C=S) groups is 1. The van der Waals surface area contributed by atoms with E-state index in [1.54, 1.807) is 13.2 Å². The van der Waals surface area contributed by atoms with Crippen LogP contribution in [0.5, 0.6) is 11.5 Å². The minimum Gasteiger partial charge on any atom is -0.493 e. The van der Waals surface area contributed by atoms with Crippen LogP contribution in [0.3, 0.4) is 0 Å². The van der Waals surface area contributed by atoms with Crippen LogP contribution in [0.4, 0.5) is 0 Å². The molecular formula is C15H20O3S. The molecule has 0 amide bonds. The van der Waals surface area contributed by atoms with Crippen molar-refractivity contribution in [2.75, 3.05) is 20.3 Å². The van der Waals surface area contributed by atoms with Crippen molar-refractivity contribution in [3.8, 4) is 11.5 Å². The first-order valence-electron chi connectivity index (χ1n) is 6.37. The molecule has 19 heavy (non-hydrogen) atoms. The Morgan fingerprint density at radius 2 is 2.05 bits per heavy atom. The molecule has 0 aliphatic rings. The fourth-order valence-electron chi connectivity index (χ4n) is 1.47. The molecule has 0 atom stereocenters. The van der Waals surface area contributed by atoms with Crippen LogP contribution in [-0.2, 0) is 4.74 Å². The molecule has 4 heteroatoms. The number of hydrogen-bond donors (Lipinski definition) is 0. The lowest BCUT2D eigenvalue weighted by Crippen LogP contribution is -1.98. The van der Waals surface area contributed by atoms with E-state index in [1.165, 1.54) is 0 Å². The minimum absolute atomic E-state index is 0.479. The van der Waals surface area contributed by atoms with Gasteiger partial charge in [-0.15, -0.1) is 0 Å². The molecular weight excluding hydrogens is 260 g/mol. The smallest absolute Gasteiger partial charge is 0.183 e. The lowest BCUT2D eigenvalue weighted by atomic mass is 10.2. The third-order valence-corrected chi connectivity index (χ3v) is 2.60. The second-order valence-corrected chi connectivity index (χ2v) is 4.25. The van der Waals surface area contributed by atoms with Gasteiger partial charge in [-0.1, -0.05) is 19.1 Å². The summed E-state index contributed by atoms with van der Waals surface area (Å²) in [5.41, 5.74) is 0.989. The second-order valence-electron chi connectivity index (χ2n) is 3.84. The van der Waals surface area contributed by atoms with E-state index in [2.05, 4.69) is 6.92 Å². The Labute approximate surface area is 120 Å². The summed E-state index contributed by atoms with van der Waals surface area (Å²) in [6, 6.07) is 5.77. The van der Waals surface area contributed by atoms with E-state index in [1.807, 2.05) is 31.2 Å². The molecule has 0 saturated carbocycles. The predicted molar refractivity (Wildman–Crippen MR) is 82.0 cm³/mol. The first-order chi connectivity index (χ1) is 9.21. The number of rotatable bonds is 7. The molecule has 0 radical (unpaired) electrons. The Balaban J connectivity index is 2.78. The zero-order valence-corrected chi connectivity index (χ0v) is 12.5. The van der Waals surface area contributed by atoms with Gasteiger partial charge in [-0.2, -0.15) is 0 Å². The molecule has 0 aliphatic heterocycles. The van der Waals surface area contributed by atoms with Gasteiger partial charge in [0.2, 0.25) is 0 Å². The van der Waals surface area contributed by atoms with E-state index in [4.69, 9.17) is 26.4 Å². The van der Waals surface area contributed by atoms with Crippen molar-refractivity contribution in [2.45, 2.75) is 20.3 Å². The Hall–Kier alpha value is -1.55. The van der Waals surface area contributed by atoms with Gasteiger partial charge >= 0.3 is 0 Å². The Morgan fingerprint density at radius 1 is 1.26 bits per heavy atom. The highest BCUT2D eigenvalue weighted by Crippen LogP contribution is 2.28. The third kappa shape index (κ3) is 5.30. The summed E-state index contributed by atoms with van der Waals surface area (Å²) in [7, 11) is 1.63. The average molecular weight is 280 g/mol. The van der Waals surface area contributed by atoms with Gasteiger partial charge in [-0.3, -0.25) is 0 Å². The SMILES string of the molecule is CCCOc1ccc(/C=C/C(=S)OCC)cc1OC. The summed E-state index contributed by atoms with van der Waals surface area (Å²) in [6.45, 7) is 5.23. The van der Waals surface area contributed by atoms with Crippen LogP contribution < -0.4 is 9.47 Å². The van der Waals surface area contributed by atoms with Gasteiger partial charge in [0, 0.05) is 0 Å². The highest BCUT2D eigenvalue weighted by molar-refractivity contribution is 7.80. The molecule has 0 heterocycles. The average Bonchev–Trinajstić information content (AvgIpc) is 2.43. The molecule has 0 bridgehead atoms. The molecule has 0 fully saturated rings. The number of methoxy groups -OCH3 is 1. The van der Waals surface area contributed by atoms with E-state index in [-0.39, 0.29) is 0 Å². The Bertz CT molecular complexity index is 441. The molecule has 0 aliphatic carbocycles. The number of benzene rings is 1. The maximum Gasteiger partial charge on any atom is 0.183 e. The van der Waals surface area contributed by atoms with Crippen molar-refractivity contribution in [1.29, 1.82) is 0 Å². The summed E-state index contributed by atoms with van der Waals surface area (Å²) in [4.78, 5) is 0. The standard InChI is InChI=1S/C15H20O3S/c1-4-10-18-13-8-6-12(11-14(13)16-3)7-9-15(19)17-5-2/h6-9,11H,4-5,10H2,1-3H3/b9-7+. The molecule has 3 nitrogen and oxygen atoms in total. The molecule has 0 spiro atoms. The monoisotopic (exact) mass is 280 g/mol. The van der Waals surface area contributed by atoms with Crippen LogP contribution in [0.15, 0.2) is 24.3 Å². The fraction of sp³-hybridized carbons (Fsp3) is 0.400. The first kappa shape index (κ1) is 15.5. The van der Waals surface area contributed by atoms with Gasteiger partial charge in [0.1, 0.15) is 0 Å². The first-order valence-corrected chi connectivity index (χ1v) is 6.77. The summed E-state index contributed by atoms with van der Waals surface area (Å²) in [5.74, 6) is 1.48. The minimum atomic E-state index is 0.479. The van der Waals surface area contributed by atoms with Crippen LogP contribution in [0, 0.1) is 0 Å². The summed E-state index contributed by atoms with van der Waals surface area (Å²) >= 11 is 5.03. The van der Waals surface area contributed by atoms with Crippen molar-refractivity contribution in [2.24, 2.45) is 0 Å².